The van der Waals surface area contributed by atoms with Crippen molar-refractivity contribution in [3.63, 3.8) is 0 Å². The molecule has 62 valence electrons. The van der Waals surface area contributed by atoms with Crippen LogP contribution in [0.3, 0.4) is 0 Å². The summed E-state index contributed by atoms with van der Waals surface area (Å²) in [4.78, 5) is 10.3. The van der Waals surface area contributed by atoms with E-state index < -0.39 is 23.7 Å². The summed E-state index contributed by atoms with van der Waals surface area (Å²) in [6, 6.07) is 0. The number of fused-ring (bicyclic) bond motifs is 1. The maximum absolute atomic E-state index is 12.7. The first-order valence-electron chi connectivity index (χ1n) is 3.64. The molecule has 11 heavy (non-hydrogen) atoms. The van der Waals surface area contributed by atoms with Gasteiger partial charge in [-0.3, -0.25) is 4.79 Å². The van der Waals surface area contributed by atoms with Crippen molar-refractivity contribution >= 4 is 5.97 Å². The average molecular weight is 162 g/mol. The van der Waals surface area contributed by atoms with Crippen molar-refractivity contribution in [3.05, 3.63) is 0 Å². The van der Waals surface area contributed by atoms with Gasteiger partial charge in [0.2, 0.25) is 0 Å². The molecule has 0 heterocycles. The van der Waals surface area contributed by atoms with E-state index >= 15 is 0 Å². The summed E-state index contributed by atoms with van der Waals surface area (Å²) in [5, 5.41) is 8.46. The van der Waals surface area contributed by atoms with Gasteiger partial charge in [-0.1, -0.05) is 0 Å². The standard InChI is InChI=1S/C7H8F2O2/c8-7(9)2-1-3-4(5(3)7)6(10)11/h3-5H,1-2H2,(H,10,11)/t3-,4+,5-/m1/s1. The van der Waals surface area contributed by atoms with E-state index in [2.05, 4.69) is 0 Å². The quantitative estimate of drug-likeness (QED) is 0.632. The van der Waals surface area contributed by atoms with Gasteiger partial charge in [0.15, 0.2) is 0 Å². The second-order valence-electron chi connectivity index (χ2n) is 3.35. The molecule has 1 N–H and O–H groups in total. The first-order chi connectivity index (χ1) is 5.04. The van der Waals surface area contributed by atoms with Crippen LogP contribution in [0.1, 0.15) is 12.8 Å². The van der Waals surface area contributed by atoms with E-state index in [0.29, 0.717) is 6.42 Å². The molecule has 0 spiro atoms. The van der Waals surface area contributed by atoms with Crippen LogP contribution in [-0.2, 0) is 4.79 Å². The van der Waals surface area contributed by atoms with E-state index in [9.17, 15) is 13.6 Å². The third-order valence-corrected chi connectivity index (χ3v) is 2.75. The number of carbonyl (C=O) groups is 1. The summed E-state index contributed by atoms with van der Waals surface area (Å²) < 4.78 is 25.5. The number of hydrogen-bond donors (Lipinski definition) is 1. The summed E-state index contributed by atoms with van der Waals surface area (Å²) in [5.41, 5.74) is 0. The van der Waals surface area contributed by atoms with E-state index in [4.69, 9.17) is 5.11 Å². The molecule has 0 aromatic rings. The zero-order valence-corrected chi connectivity index (χ0v) is 5.76. The molecule has 0 bridgehead atoms. The SMILES string of the molecule is O=C(O)[C@H]1[C@H]2CCC(F)(F)[C@H]21. The van der Waals surface area contributed by atoms with Crippen molar-refractivity contribution in [1.29, 1.82) is 0 Å². The third kappa shape index (κ3) is 0.781. The van der Waals surface area contributed by atoms with E-state index in [0.717, 1.165) is 0 Å². The summed E-state index contributed by atoms with van der Waals surface area (Å²) >= 11 is 0. The van der Waals surface area contributed by atoms with Crippen LogP contribution in [0.5, 0.6) is 0 Å². The zero-order chi connectivity index (χ0) is 8.22. The summed E-state index contributed by atoms with van der Waals surface area (Å²) in [5.74, 6) is -5.59. The third-order valence-electron chi connectivity index (χ3n) is 2.75. The highest BCUT2D eigenvalue weighted by atomic mass is 19.3. The van der Waals surface area contributed by atoms with Gasteiger partial charge in [0.1, 0.15) is 0 Å². The molecular formula is C7H8F2O2. The highest BCUT2D eigenvalue weighted by molar-refractivity contribution is 5.75. The lowest BCUT2D eigenvalue weighted by atomic mass is 10.1. The Balaban J connectivity index is 2.13. The monoisotopic (exact) mass is 162 g/mol. The Morgan fingerprint density at radius 1 is 1.55 bits per heavy atom. The van der Waals surface area contributed by atoms with Gasteiger partial charge in [-0.15, -0.1) is 0 Å². The fourth-order valence-corrected chi connectivity index (χ4v) is 2.17. The number of hydrogen-bond acceptors (Lipinski definition) is 1. The van der Waals surface area contributed by atoms with E-state index in [1.165, 1.54) is 0 Å². The predicted octanol–water partition coefficient (Wildman–Crippen LogP) is 1.36. The maximum atomic E-state index is 12.7. The molecule has 2 saturated carbocycles. The first kappa shape index (κ1) is 7.00. The predicted molar refractivity (Wildman–Crippen MR) is 32.3 cm³/mol. The molecule has 0 unspecified atom stereocenters. The number of alkyl halides is 2. The highest BCUT2D eigenvalue weighted by Crippen LogP contribution is 2.64. The lowest BCUT2D eigenvalue weighted by molar-refractivity contribution is -0.141. The summed E-state index contributed by atoms with van der Waals surface area (Å²) in [7, 11) is 0. The van der Waals surface area contributed by atoms with Crippen molar-refractivity contribution in [1.82, 2.24) is 0 Å². The fourth-order valence-electron chi connectivity index (χ4n) is 2.17. The molecular weight excluding hydrogens is 154 g/mol. The van der Waals surface area contributed by atoms with Crippen molar-refractivity contribution in [3.8, 4) is 0 Å². The molecule has 0 radical (unpaired) electrons. The Hall–Kier alpha value is -0.670. The van der Waals surface area contributed by atoms with Gasteiger partial charge < -0.3 is 5.11 Å². The largest absolute Gasteiger partial charge is 0.481 e. The molecule has 2 aliphatic carbocycles. The first-order valence-corrected chi connectivity index (χ1v) is 3.64. The Morgan fingerprint density at radius 2 is 2.18 bits per heavy atom. The molecule has 2 rings (SSSR count). The van der Waals surface area contributed by atoms with Crippen molar-refractivity contribution in [2.75, 3.05) is 0 Å². The maximum Gasteiger partial charge on any atom is 0.307 e. The molecule has 0 aromatic heterocycles. The second-order valence-corrected chi connectivity index (χ2v) is 3.35. The van der Waals surface area contributed by atoms with Gasteiger partial charge in [-0.2, -0.15) is 0 Å². The normalized spacial score (nSPS) is 45.1. The number of halogens is 2. The molecule has 0 amide bonds. The van der Waals surface area contributed by atoms with Crippen LogP contribution in [0, 0.1) is 17.8 Å². The fraction of sp³-hybridized carbons (Fsp3) is 0.857. The highest BCUT2D eigenvalue weighted by Gasteiger charge is 2.70. The number of carboxylic acid groups (broad SMARTS) is 1. The van der Waals surface area contributed by atoms with Gasteiger partial charge >= 0.3 is 5.97 Å². The number of carboxylic acids is 1. The summed E-state index contributed by atoms with van der Waals surface area (Å²) in [6.45, 7) is 0. The second kappa shape index (κ2) is 1.73. The van der Waals surface area contributed by atoms with Crippen LogP contribution in [-0.4, -0.2) is 17.0 Å². The van der Waals surface area contributed by atoms with Gasteiger partial charge in [-0.05, 0) is 12.3 Å². The van der Waals surface area contributed by atoms with Crippen molar-refractivity contribution < 1.29 is 18.7 Å². The van der Waals surface area contributed by atoms with Crippen LogP contribution in [0.4, 0.5) is 8.78 Å². The smallest absolute Gasteiger partial charge is 0.307 e. The number of rotatable bonds is 1. The number of aliphatic carboxylic acids is 1. The van der Waals surface area contributed by atoms with Crippen LogP contribution in [0.25, 0.3) is 0 Å². The lowest BCUT2D eigenvalue weighted by Gasteiger charge is -2.10. The zero-order valence-electron chi connectivity index (χ0n) is 5.76. The van der Waals surface area contributed by atoms with Crippen molar-refractivity contribution in [2.45, 2.75) is 18.8 Å². The minimum absolute atomic E-state index is 0.119. The average Bonchev–Trinajstić information content (AvgIpc) is 2.51. The molecule has 2 fully saturated rings. The topological polar surface area (TPSA) is 37.3 Å². The molecule has 2 aliphatic rings. The molecule has 0 saturated heterocycles. The Kier molecular flexibility index (Phi) is 1.10. The van der Waals surface area contributed by atoms with Crippen LogP contribution >= 0.6 is 0 Å². The van der Waals surface area contributed by atoms with Crippen LogP contribution in [0.2, 0.25) is 0 Å². The van der Waals surface area contributed by atoms with Crippen LogP contribution < -0.4 is 0 Å². The van der Waals surface area contributed by atoms with Gasteiger partial charge in [0, 0.05) is 12.3 Å². The molecule has 0 aromatic carbocycles. The summed E-state index contributed by atoms with van der Waals surface area (Å²) in [6.07, 6.45) is 0.265. The van der Waals surface area contributed by atoms with Crippen molar-refractivity contribution in [2.24, 2.45) is 17.8 Å². The van der Waals surface area contributed by atoms with E-state index in [1.54, 1.807) is 0 Å². The molecule has 3 atom stereocenters. The van der Waals surface area contributed by atoms with E-state index in [1.807, 2.05) is 0 Å². The van der Waals surface area contributed by atoms with Gasteiger partial charge in [0.25, 0.3) is 5.92 Å². The van der Waals surface area contributed by atoms with Gasteiger partial charge in [0.05, 0.1) is 5.92 Å². The minimum atomic E-state index is -2.70. The van der Waals surface area contributed by atoms with E-state index in [-0.39, 0.29) is 12.3 Å². The van der Waals surface area contributed by atoms with Gasteiger partial charge in [-0.25, -0.2) is 8.78 Å². The van der Waals surface area contributed by atoms with Crippen LogP contribution in [0.15, 0.2) is 0 Å². The molecule has 0 aliphatic heterocycles. The Labute approximate surface area is 62.2 Å². The Bertz CT molecular complexity index is 214. The lowest BCUT2D eigenvalue weighted by Crippen LogP contribution is -2.19. The molecule has 2 nitrogen and oxygen atoms in total. The molecule has 4 heteroatoms. The minimum Gasteiger partial charge on any atom is -0.481 e. The Morgan fingerprint density at radius 3 is 2.45 bits per heavy atom.